The number of carbonyl (C=O) groups is 1. The van der Waals surface area contributed by atoms with Crippen molar-refractivity contribution in [2.24, 2.45) is 0 Å². The van der Waals surface area contributed by atoms with E-state index in [1.54, 1.807) is 11.8 Å². The molecule has 0 saturated heterocycles. The number of aromatic carboxylic acids is 1. The van der Waals surface area contributed by atoms with Crippen molar-refractivity contribution in [1.82, 2.24) is 15.3 Å². The fourth-order valence-corrected chi connectivity index (χ4v) is 2.47. The van der Waals surface area contributed by atoms with Crippen molar-refractivity contribution in [2.45, 2.75) is 11.4 Å². The summed E-state index contributed by atoms with van der Waals surface area (Å²) >= 11 is 1.75. The zero-order valence-corrected chi connectivity index (χ0v) is 11.6. The van der Waals surface area contributed by atoms with Crippen LogP contribution in [0.5, 0.6) is 0 Å². The molecule has 2 aromatic rings. The molecule has 0 saturated carbocycles. The van der Waals surface area contributed by atoms with Gasteiger partial charge in [0.2, 0.25) is 0 Å². The van der Waals surface area contributed by atoms with Gasteiger partial charge in [-0.15, -0.1) is 11.8 Å². The standard InChI is InChI=1S/C14H15N3O2S/c18-14(19)12-8-16-10-17-13(12)9-15-6-7-20-11-4-2-1-3-5-11/h1-5,8,10,15H,6-7,9H2,(H,18,19). The van der Waals surface area contributed by atoms with Crippen LogP contribution in [0.2, 0.25) is 0 Å². The van der Waals surface area contributed by atoms with Crippen LogP contribution >= 0.6 is 11.8 Å². The molecule has 0 amide bonds. The van der Waals surface area contributed by atoms with Crippen molar-refractivity contribution in [2.75, 3.05) is 12.3 Å². The van der Waals surface area contributed by atoms with Gasteiger partial charge in [0, 0.05) is 29.9 Å². The largest absolute Gasteiger partial charge is 0.478 e. The molecule has 0 aliphatic carbocycles. The van der Waals surface area contributed by atoms with Crippen molar-refractivity contribution in [3.8, 4) is 0 Å². The van der Waals surface area contributed by atoms with E-state index in [4.69, 9.17) is 5.11 Å². The van der Waals surface area contributed by atoms with Gasteiger partial charge in [-0.3, -0.25) is 0 Å². The van der Waals surface area contributed by atoms with E-state index < -0.39 is 5.97 Å². The summed E-state index contributed by atoms with van der Waals surface area (Å²) in [5.41, 5.74) is 0.660. The first-order valence-electron chi connectivity index (χ1n) is 6.18. The highest BCUT2D eigenvalue weighted by molar-refractivity contribution is 7.99. The van der Waals surface area contributed by atoms with Crippen LogP contribution in [0, 0.1) is 0 Å². The molecule has 0 aliphatic heterocycles. The fourth-order valence-electron chi connectivity index (χ4n) is 1.64. The summed E-state index contributed by atoms with van der Waals surface area (Å²) in [5.74, 6) is -0.0848. The maximum atomic E-state index is 11.0. The summed E-state index contributed by atoms with van der Waals surface area (Å²) in [6, 6.07) is 10.1. The van der Waals surface area contributed by atoms with Gasteiger partial charge in [0.05, 0.1) is 5.69 Å². The minimum atomic E-state index is -0.999. The lowest BCUT2D eigenvalue weighted by Crippen LogP contribution is -2.19. The SMILES string of the molecule is O=C(O)c1cncnc1CNCCSc1ccccc1. The van der Waals surface area contributed by atoms with E-state index in [2.05, 4.69) is 27.4 Å². The summed E-state index contributed by atoms with van der Waals surface area (Å²) in [4.78, 5) is 19.9. The predicted molar refractivity (Wildman–Crippen MR) is 77.9 cm³/mol. The number of aromatic nitrogens is 2. The van der Waals surface area contributed by atoms with Gasteiger partial charge in [-0.2, -0.15) is 0 Å². The first-order chi connectivity index (χ1) is 9.77. The van der Waals surface area contributed by atoms with E-state index in [1.807, 2.05) is 18.2 Å². The first kappa shape index (κ1) is 14.5. The molecule has 1 heterocycles. The number of nitrogens with one attached hydrogen (secondary N) is 1. The van der Waals surface area contributed by atoms with Crippen molar-refractivity contribution in [3.63, 3.8) is 0 Å². The highest BCUT2D eigenvalue weighted by atomic mass is 32.2. The fraction of sp³-hybridized carbons (Fsp3) is 0.214. The number of hydrogen-bond donors (Lipinski definition) is 2. The lowest BCUT2D eigenvalue weighted by molar-refractivity contribution is 0.0694. The van der Waals surface area contributed by atoms with Gasteiger partial charge >= 0.3 is 5.97 Å². The smallest absolute Gasteiger partial charge is 0.339 e. The molecule has 0 spiro atoms. The molecule has 0 unspecified atom stereocenters. The number of carboxylic acid groups (broad SMARTS) is 1. The third-order valence-electron chi connectivity index (χ3n) is 2.61. The van der Waals surface area contributed by atoms with E-state index in [-0.39, 0.29) is 5.56 Å². The van der Waals surface area contributed by atoms with Gasteiger partial charge in [-0.1, -0.05) is 18.2 Å². The molecule has 104 valence electrons. The Bertz CT molecular complexity index is 563. The summed E-state index contributed by atoms with van der Waals surface area (Å²) in [5, 5.41) is 12.2. The lowest BCUT2D eigenvalue weighted by Gasteiger charge is -2.06. The molecule has 2 N–H and O–H groups in total. The molecule has 6 heteroatoms. The van der Waals surface area contributed by atoms with E-state index in [0.717, 1.165) is 12.3 Å². The predicted octanol–water partition coefficient (Wildman–Crippen LogP) is 2.06. The molecule has 0 aliphatic rings. The Morgan fingerprint density at radius 2 is 2.10 bits per heavy atom. The van der Waals surface area contributed by atoms with Gasteiger partial charge in [-0.25, -0.2) is 14.8 Å². The summed E-state index contributed by atoms with van der Waals surface area (Å²) in [6.45, 7) is 1.21. The van der Waals surface area contributed by atoms with Crippen molar-refractivity contribution < 1.29 is 9.90 Å². The molecule has 1 aromatic carbocycles. The second-order valence-corrected chi connectivity index (χ2v) is 5.19. The molecular weight excluding hydrogens is 274 g/mol. The average molecular weight is 289 g/mol. The normalized spacial score (nSPS) is 10.4. The number of carboxylic acids is 1. The number of benzene rings is 1. The molecule has 20 heavy (non-hydrogen) atoms. The van der Waals surface area contributed by atoms with Crippen LogP contribution in [0.25, 0.3) is 0 Å². The third kappa shape index (κ3) is 4.32. The van der Waals surface area contributed by atoms with Crippen LogP contribution in [0.4, 0.5) is 0 Å². The van der Waals surface area contributed by atoms with Crippen molar-refractivity contribution in [1.29, 1.82) is 0 Å². The zero-order chi connectivity index (χ0) is 14.2. The van der Waals surface area contributed by atoms with Gasteiger partial charge in [-0.05, 0) is 12.1 Å². The molecule has 0 bridgehead atoms. The minimum Gasteiger partial charge on any atom is -0.478 e. The maximum absolute atomic E-state index is 11.0. The zero-order valence-electron chi connectivity index (χ0n) is 10.8. The van der Waals surface area contributed by atoms with Crippen LogP contribution in [0.3, 0.4) is 0 Å². The number of nitrogens with zero attached hydrogens (tertiary/aromatic N) is 2. The van der Waals surface area contributed by atoms with Crippen LogP contribution < -0.4 is 5.32 Å². The van der Waals surface area contributed by atoms with Crippen molar-refractivity contribution in [3.05, 3.63) is 54.1 Å². The van der Waals surface area contributed by atoms with Crippen molar-refractivity contribution >= 4 is 17.7 Å². The van der Waals surface area contributed by atoms with Crippen LogP contribution in [0.1, 0.15) is 16.1 Å². The monoisotopic (exact) mass is 289 g/mol. The Hall–Kier alpha value is -1.92. The molecule has 0 atom stereocenters. The second-order valence-electron chi connectivity index (χ2n) is 4.03. The first-order valence-corrected chi connectivity index (χ1v) is 7.16. The summed E-state index contributed by atoms with van der Waals surface area (Å²) in [7, 11) is 0. The lowest BCUT2D eigenvalue weighted by atomic mass is 10.2. The van der Waals surface area contributed by atoms with Gasteiger partial charge in [0.1, 0.15) is 11.9 Å². The average Bonchev–Trinajstić information content (AvgIpc) is 2.48. The molecule has 1 aromatic heterocycles. The van der Waals surface area contributed by atoms with E-state index >= 15 is 0 Å². The topological polar surface area (TPSA) is 75.1 Å². The van der Waals surface area contributed by atoms with Crippen LogP contribution in [-0.4, -0.2) is 33.3 Å². The molecule has 0 radical (unpaired) electrons. The Morgan fingerprint density at radius 1 is 1.30 bits per heavy atom. The van der Waals surface area contributed by atoms with E-state index in [9.17, 15) is 4.79 Å². The molecule has 0 fully saturated rings. The Morgan fingerprint density at radius 3 is 2.85 bits per heavy atom. The molecule has 2 rings (SSSR count). The second kappa shape index (κ2) is 7.62. The van der Waals surface area contributed by atoms with Gasteiger partial charge < -0.3 is 10.4 Å². The molecule has 5 nitrogen and oxygen atoms in total. The number of hydrogen-bond acceptors (Lipinski definition) is 5. The maximum Gasteiger partial charge on any atom is 0.339 e. The van der Waals surface area contributed by atoms with Gasteiger partial charge in [0.15, 0.2) is 0 Å². The third-order valence-corrected chi connectivity index (χ3v) is 3.62. The Balaban J connectivity index is 1.75. The Kier molecular flexibility index (Phi) is 5.52. The number of thioether (sulfide) groups is 1. The van der Waals surface area contributed by atoms with Gasteiger partial charge in [0.25, 0.3) is 0 Å². The Labute approximate surface area is 121 Å². The van der Waals surface area contributed by atoms with Crippen LogP contribution in [-0.2, 0) is 6.54 Å². The number of rotatable bonds is 7. The van der Waals surface area contributed by atoms with E-state index in [1.165, 1.54) is 17.4 Å². The summed E-state index contributed by atoms with van der Waals surface area (Å²) < 4.78 is 0. The summed E-state index contributed by atoms with van der Waals surface area (Å²) in [6.07, 6.45) is 2.69. The highest BCUT2D eigenvalue weighted by Crippen LogP contribution is 2.15. The quantitative estimate of drug-likeness (QED) is 0.600. The minimum absolute atomic E-state index is 0.149. The van der Waals surface area contributed by atoms with Crippen LogP contribution in [0.15, 0.2) is 47.8 Å². The molecular formula is C14H15N3O2S. The van der Waals surface area contributed by atoms with E-state index in [0.29, 0.717) is 12.2 Å². The highest BCUT2D eigenvalue weighted by Gasteiger charge is 2.10.